The lowest BCUT2D eigenvalue weighted by molar-refractivity contribution is 0.0749. The highest BCUT2D eigenvalue weighted by molar-refractivity contribution is 6.33. The van der Waals surface area contributed by atoms with Crippen LogP contribution in [0.5, 0.6) is 0 Å². The van der Waals surface area contributed by atoms with Gasteiger partial charge in [0, 0.05) is 6.54 Å². The van der Waals surface area contributed by atoms with Crippen LogP contribution in [-0.2, 0) is 0 Å². The van der Waals surface area contributed by atoms with Crippen molar-refractivity contribution in [1.82, 2.24) is 0 Å². The summed E-state index contributed by atoms with van der Waals surface area (Å²) in [6, 6.07) is 7.12. The molecule has 0 aliphatic carbocycles. The molecule has 0 saturated heterocycles. The number of aliphatic hydroxyl groups is 1. The molecule has 86 valence electrons. The van der Waals surface area contributed by atoms with Gasteiger partial charge in [0.25, 0.3) is 0 Å². The van der Waals surface area contributed by atoms with E-state index in [1.54, 1.807) is 32.0 Å². The topological polar surface area (TPSA) is 56.0 Å². The molecule has 4 heteroatoms. The number of hydrogen-bond acceptors (Lipinski definition) is 3. The summed E-state index contributed by atoms with van der Waals surface area (Å²) >= 11 is 5.98. The fourth-order valence-electron chi connectivity index (χ4n) is 1.23. The summed E-state index contributed by atoms with van der Waals surface area (Å²) in [6.07, 6.45) is 0.628. The zero-order valence-corrected chi connectivity index (χ0v) is 10.2. The Kier molecular flexibility index (Phi) is 4.17. The van der Waals surface area contributed by atoms with Crippen LogP contribution in [0, 0.1) is 11.3 Å². The van der Waals surface area contributed by atoms with Crippen molar-refractivity contribution in [3.05, 3.63) is 28.8 Å². The Balaban J connectivity index is 2.59. The van der Waals surface area contributed by atoms with Crippen LogP contribution in [0.2, 0.25) is 5.02 Å². The van der Waals surface area contributed by atoms with Crippen LogP contribution < -0.4 is 5.32 Å². The first-order chi connectivity index (χ1) is 7.42. The first-order valence-corrected chi connectivity index (χ1v) is 5.46. The van der Waals surface area contributed by atoms with Crippen LogP contribution in [0.4, 0.5) is 5.69 Å². The largest absolute Gasteiger partial charge is 0.390 e. The minimum atomic E-state index is -0.688. The second kappa shape index (κ2) is 5.20. The lowest BCUT2D eigenvalue weighted by atomic mass is 10.1. The minimum absolute atomic E-state index is 0.523. The van der Waals surface area contributed by atoms with Crippen molar-refractivity contribution in [1.29, 1.82) is 5.26 Å². The van der Waals surface area contributed by atoms with E-state index in [-0.39, 0.29) is 0 Å². The highest BCUT2D eigenvalue weighted by Crippen LogP contribution is 2.23. The maximum Gasteiger partial charge on any atom is 0.0992 e. The molecule has 0 fully saturated rings. The van der Waals surface area contributed by atoms with E-state index in [4.69, 9.17) is 16.9 Å². The number of nitrogens with zero attached hydrogens (tertiary/aromatic N) is 1. The molecule has 16 heavy (non-hydrogen) atoms. The first kappa shape index (κ1) is 12.8. The summed E-state index contributed by atoms with van der Waals surface area (Å²) in [5.41, 5.74) is 0.634. The van der Waals surface area contributed by atoms with Crippen LogP contribution in [0.3, 0.4) is 0 Å². The number of rotatable bonds is 4. The molecule has 0 bridgehead atoms. The normalized spacial score (nSPS) is 10.9. The van der Waals surface area contributed by atoms with Crippen LogP contribution in [0.1, 0.15) is 25.8 Å². The number of nitriles is 1. The van der Waals surface area contributed by atoms with Gasteiger partial charge in [-0.15, -0.1) is 0 Å². The summed E-state index contributed by atoms with van der Waals surface area (Å²) < 4.78 is 0. The van der Waals surface area contributed by atoms with Crippen LogP contribution in [0.25, 0.3) is 0 Å². The number of benzene rings is 1. The quantitative estimate of drug-likeness (QED) is 0.848. The van der Waals surface area contributed by atoms with Gasteiger partial charge >= 0.3 is 0 Å². The number of hydrogen-bond donors (Lipinski definition) is 2. The van der Waals surface area contributed by atoms with Gasteiger partial charge in [0.05, 0.1) is 27.9 Å². The highest BCUT2D eigenvalue weighted by atomic mass is 35.5. The number of nitrogens with one attached hydrogen (secondary N) is 1. The van der Waals surface area contributed by atoms with Crippen molar-refractivity contribution in [2.75, 3.05) is 11.9 Å². The van der Waals surface area contributed by atoms with Crippen molar-refractivity contribution in [3.63, 3.8) is 0 Å². The Bertz CT molecular complexity index is 404. The molecular formula is C12H15ClN2O. The average molecular weight is 239 g/mol. The Hall–Kier alpha value is -1.24. The van der Waals surface area contributed by atoms with Gasteiger partial charge in [-0.25, -0.2) is 0 Å². The van der Waals surface area contributed by atoms with Gasteiger partial charge in [-0.2, -0.15) is 5.26 Å². The zero-order chi connectivity index (χ0) is 12.2. The SMILES string of the molecule is CC(C)(O)CCNc1ccc(C#N)cc1Cl. The maximum absolute atomic E-state index is 9.53. The second-order valence-corrected chi connectivity index (χ2v) is 4.70. The van der Waals surface area contributed by atoms with Gasteiger partial charge in [0.1, 0.15) is 0 Å². The molecule has 0 aliphatic rings. The Morgan fingerprint density at radius 1 is 1.50 bits per heavy atom. The molecule has 0 atom stereocenters. The van der Waals surface area contributed by atoms with Gasteiger partial charge in [0.2, 0.25) is 0 Å². The molecule has 1 rings (SSSR count). The van der Waals surface area contributed by atoms with E-state index in [2.05, 4.69) is 5.32 Å². The zero-order valence-electron chi connectivity index (χ0n) is 9.42. The number of halogens is 1. The van der Waals surface area contributed by atoms with E-state index in [1.807, 2.05) is 6.07 Å². The molecule has 0 unspecified atom stereocenters. The molecule has 0 amide bonds. The van der Waals surface area contributed by atoms with E-state index in [9.17, 15) is 5.11 Å². The third kappa shape index (κ3) is 4.09. The van der Waals surface area contributed by atoms with Crippen molar-refractivity contribution in [3.8, 4) is 6.07 Å². The Morgan fingerprint density at radius 2 is 2.19 bits per heavy atom. The fourth-order valence-corrected chi connectivity index (χ4v) is 1.48. The third-order valence-electron chi connectivity index (χ3n) is 2.15. The molecule has 0 heterocycles. The van der Waals surface area contributed by atoms with Gasteiger partial charge in [0.15, 0.2) is 0 Å². The van der Waals surface area contributed by atoms with E-state index >= 15 is 0 Å². The first-order valence-electron chi connectivity index (χ1n) is 5.08. The molecule has 1 aromatic carbocycles. The Labute approximate surface area is 101 Å². The molecule has 1 aromatic rings. The van der Waals surface area contributed by atoms with Gasteiger partial charge < -0.3 is 10.4 Å². The molecule has 0 radical (unpaired) electrons. The van der Waals surface area contributed by atoms with E-state index < -0.39 is 5.60 Å². The number of anilines is 1. The van der Waals surface area contributed by atoms with Crippen LogP contribution >= 0.6 is 11.6 Å². The average Bonchev–Trinajstić information content (AvgIpc) is 2.18. The lowest BCUT2D eigenvalue weighted by Crippen LogP contribution is -2.22. The van der Waals surface area contributed by atoms with Crippen molar-refractivity contribution in [2.45, 2.75) is 25.9 Å². The molecule has 2 N–H and O–H groups in total. The smallest absolute Gasteiger partial charge is 0.0992 e. The third-order valence-corrected chi connectivity index (χ3v) is 2.46. The van der Waals surface area contributed by atoms with Crippen LogP contribution in [0.15, 0.2) is 18.2 Å². The van der Waals surface area contributed by atoms with E-state index in [0.29, 0.717) is 23.6 Å². The van der Waals surface area contributed by atoms with Crippen LogP contribution in [-0.4, -0.2) is 17.3 Å². The summed E-state index contributed by atoms with van der Waals surface area (Å²) in [7, 11) is 0. The molecule has 0 spiro atoms. The minimum Gasteiger partial charge on any atom is -0.390 e. The predicted molar refractivity (Wildman–Crippen MR) is 65.6 cm³/mol. The molecule has 0 saturated carbocycles. The van der Waals surface area contributed by atoms with Gasteiger partial charge in [-0.1, -0.05) is 11.6 Å². The summed E-state index contributed by atoms with van der Waals surface area (Å²) in [5, 5.41) is 21.8. The highest BCUT2D eigenvalue weighted by Gasteiger charge is 2.11. The van der Waals surface area contributed by atoms with Crippen molar-refractivity contribution >= 4 is 17.3 Å². The van der Waals surface area contributed by atoms with Crippen molar-refractivity contribution in [2.24, 2.45) is 0 Å². The lowest BCUT2D eigenvalue weighted by Gasteiger charge is -2.17. The Morgan fingerprint density at radius 3 is 2.69 bits per heavy atom. The fraction of sp³-hybridized carbons (Fsp3) is 0.417. The molecular weight excluding hydrogens is 224 g/mol. The molecule has 3 nitrogen and oxygen atoms in total. The monoisotopic (exact) mass is 238 g/mol. The van der Waals surface area contributed by atoms with E-state index in [1.165, 1.54) is 0 Å². The summed E-state index contributed by atoms with van der Waals surface area (Å²) in [6.45, 7) is 4.15. The van der Waals surface area contributed by atoms with Gasteiger partial charge in [-0.05, 0) is 38.5 Å². The molecule has 0 aliphatic heterocycles. The van der Waals surface area contributed by atoms with Crippen molar-refractivity contribution < 1.29 is 5.11 Å². The predicted octanol–water partition coefficient (Wildman–Crippen LogP) is 2.78. The van der Waals surface area contributed by atoms with E-state index in [0.717, 1.165) is 5.69 Å². The summed E-state index contributed by atoms with van der Waals surface area (Å²) in [4.78, 5) is 0. The standard InChI is InChI=1S/C12H15ClN2O/c1-12(2,16)5-6-15-11-4-3-9(8-14)7-10(11)13/h3-4,7,15-16H,5-6H2,1-2H3. The summed E-state index contributed by atoms with van der Waals surface area (Å²) in [5.74, 6) is 0. The maximum atomic E-state index is 9.53. The van der Waals surface area contributed by atoms with Gasteiger partial charge in [-0.3, -0.25) is 0 Å². The molecule has 0 aromatic heterocycles. The second-order valence-electron chi connectivity index (χ2n) is 4.30.